The number of hydrogen-bond donors (Lipinski definition) is 1. The van der Waals surface area contributed by atoms with E-state index in [1.807, 2.05) is 23.1 Å². The van der Waals surface area contributed by atoms with E-state index < -0.39 is 9.75 Å². The van der Waals surface area contributed by atoms with Crippen molar-refractivity contribution in [1.82, 2.24) is 5.32 Å². The molecule has 0 radical (unpaired) electrons. The number of carbonyl (C=O) groups excluding carboxylic acids is 1. The molecule has 1 saturated carbocycles. The maximum atomic E-state index is 12.3. The molecule has 3 rings (SSSR count). The molecule has 0 unspecified atom stereocenters. The monoisotopic (exact) mass is 342 g/mol. The standard InChI is InChI=1S/C15H16Cl2N2OS/c1-9-7-10-5-3-4-6-11(10)19(9)13(21)18-12(20)14(2)8-15(14,16)17/h3-6,9H,7-8H2,1-2H3,(H,18,20,21)/t9-,14-/m1/s1. The molecule has 1 fully saturated rings. The topological polar surface area (TPSA) is 32.3 Å². The molecule has 112 valence electrons. The Morgan fingerprint density at radius 2 is 2.05 bits per heavy atom. The minimum Gasteiger partial charge on any atom is -0.315 e. The quantitative estimate of drug-likeness (QED) is 0.626. The summed E-state index contributed by atoms with van der Waals surface area (Å²) in [5.74, 6) is -0.214. The van der Waals surface area contributed by atoms with Crippen LogP contribution in [0.4, 0.5) is 5.69 Å². The number of carbonyl (C=O) groups is 1. The van der Waals surface area contributed by atoms with Crippen molar-refractivity contribution in [1.29, 1.82) is 0 Å². The first-order valence-electron chi connectivity index (χ1n) is 6.87. The number of hydrogen-bond acceptors (Lipinski definition) is 2. The molecule has 1 heterocycles. The molecule has 1 aromatic rings. The molecule has 2 atom stereocenters. The van der Waals surface area contributed by atoms with Crippen molar-refractivity contribution >= 4 is 52.1 Å². The zero-order valence-electron chi connectivity index (χ0n) is 11.8. The van der Waals surface area contributed by atoms with Gasteiger partial charge in [-0.25, -0.2) is 0 Å². The predicted octanol–water partition coefficient (Wildman–Crippen LogP) is 3.42. The highest BCUT2D eigenvalue weighted by Gasteiger charge is 2.68. The van der Waals surface area contributed by atoms with Crippen molar-refractivity contribution in [3.05, 3.63) is 29.8 Å². The van der Waals surface area contributed by atoms with Gasteiger partial charge in [-0.2, -0.15) is 0 Å². The number of benzene rings is 1. The van der Waals surface area contributed by atoms with Crippen LogP contribution in [0.5, 0.6) is 0 Å². The summed E-state index contributed by atoms with van der Waals surface area (Å²) in [6, 6.07) is 8.31. The van der Waals surface area contributed by atoms with Crippen LogP contribution in [0.25, 0.3) is 0 Å². The summed E-state index contributed by atoms with van der Waals surface area (Å²) >= 11 is 17.5. The number of fused-ring (bicyclic) bond motifs is 1. The smallest absolute Gasteiger partial charge is 0.235 e. The lowest BCUT2D eigenvalue weighted by atomic mass is 10.1. The van der Waals surface area contributed by atoms with E-state index in [1.165, 1.54) is 5.56 Å². The van der Waals surface area contributed by atoms with Crippen molar-refractivity contribution < 1.29 is 4.79 Å². The molecule has 1 N–H and O–H groups in total. The summed E-state index contributed by atoms with van der Waals surface area (Å²) in [6.45, 7) is 3.84. The Hall–Kier alpha value is -0.840. The van der Waals surface area contributed by atoms with Gasteiger partial charge in [0, 0.05) is 11.7 Å². The van der Waals surface area contributed by atoms with E-state index in [4.69, 9.17) is 35.4 Å². The Bertz CT molecular complexity index is 634. The number of thiocarbonyl (C=S) groups is 1. The summed E-state index contributed by atoms with van der Waals surface area (Å²) in [5, 5.41) is 3.21. The maximum Gasteiger partial charge on any atom is 0.235 e. The average molecular weight is 343 g/mol. The van der Waals surface area contributed by atoms with Crippen LogP contribution >= 0.6 is 35.4 Å². The van der Waals surface area contributed by atoms with Crippen molar-refractivity contribution in [2.24, 2.45) is 5.41 Å². The molecule has 1 aliphatic heterocycles. The molecule has 0 bridgehead atoms. The fourth-order valence-electron chi connectivity index (χ4n) is 2.82. The van der Waals surface area contributed by atoms with E-state index in [0.29, 0.717) is 11.5 Å². The third kappa shape index (κ3) is 2.33. The van der Waals surface area contributed by atoms with Crippen LogP contribution in [-0.4, -0.2) is 21.4 Å². The first-order chi connectivity index (χ1) is 9.76. The molecule has 21 heavy (non-hydrogen) atoms. The van der Waals surface area contributed by atoms with E-state index in [0.717, 1.165) is 12.1 Å². The first kappa shape index (κ1) is 15.1. The van der Waals surface area contributed by atoms with E-state index >= 15 is 0 Å². The Balaban J connectivity index is 1.77. The van der Waals surface area contributed by atoms with Gasteiger partial charge in [0.05, 0.1) is 5.41 Å². The van der Waals surface area contributed by atoms with Gasteiger partial charge in [-0.3, -0.25) is 4.79 Å². The van der Waals surface area contributed by atoms with Crippen LogP contribution in [0.15, 0.2) is 24.3 Å². The van der Waals surface area contributed by atoms with Crippen LogP contribution in [-0.2, 0) is 11.2 Å². The lowest BCUT2D eigenvalue weighted by molar-refractivity contribution is -0.124. The Kier molecular flexibility index (Phi) is 3.47. The molecule has 1 amide bonds. The highest BCUT2D eigenvalue weighted by molar-refractivity contribution is 7.80. The highest BCUT2D eigenvalue weighted by Crippen LogP contribution is 2.63. The minimum atomic E-state index is -0.985. The first-order valence-corrected chi connectivity index (χ1v) is 8.03. The fourth-order valence-corrected chi connectivity index (χ4v) is 3.89. The van der Waals surface area contributed by atoms with Gasteiger partial charge in [-0.05, 0) is 50.5 Å². The number of halogens is 2. The summed E-state index contributed by atoms with van der Waals surface area (Å²) in [7, 11) is 0. The third-order valence-electron chi connectivity index (χ3n) is 4.41. The molecule has 1 aliphatic carbocycles. The zero-order valence-corrected chi connectivity index (χ0v) is 14.1. The molecule has 1 aromatic carbocycles. The van der Waals surface area contributed by atoms with Crippen LogP contribution in [0, 0.1) is 5.41 Å². The number of alkyl halides is 2. The SMILES string of the molecule is C[C@@H]1Cc2ccccc2N1C(=S)NC(=O)[C@@]1(C)CC1(Cl)Cl. The van der Waals surface area contributed by atoms with Gasteiger partial charge >= 0.3 is 0 Å². The normalized spacial score (nSPS) is 29.0. The molecule has 0 spiro atoms. The predicted molar refractivity (Wildman–Crippen MR) is 90.0 cm³/mol. The third-order valence-corrected chi connectivity index (χ3v) is 5.81. The second kappa shape index (κ2) is 4.83. The molecule has 0 saturated heterocycles. The molecular formula is C15H16Cl2N2OS. The molecule has 3 nitrogen and oxygen atoms in total. The molecule has 2 aliphatic rings. The summed E-state index contributed by atoms with van der Waals surface area (Å²) in [4.78, 5) is 14.3. The number of nitrogens with zero attached hydrogens (tertiary/aromatic N) is 1. The summed E-state index contributed by atoms with van der Waals surface area (Å²) < 4.78 is -0.985. The van der Waals surface area contributed by atoms with Gasteiger partial charge in [0.25, 0.3) is 0 Å². The Morgan fingerprint density at radius 1 is 1.43 bits per heavy atom. The van der Waals surface area contributed by atoms with Crippen LogP contribution in [0.2, 0.25) is 0 Å². The summed E-state index contributed by atoms with van der Waals surface area (Å²) in [6.07, 6.45) is 1.36. The van der Waals surface area contributed by atoms with Gasteiger partial charge in [0.2, 0.25) is 5.91 Å². The average Bonchev–Trinajstić information content (AvgIpc) is 2.77. The number of nitrogens with one attached hydrogen (secondary N) is 1. The highest BCUT2D eigenvalue weighted by atomic mass is 35.5. The van der Waals surface area contributed by atoms with Gasteiger partial charge in [0.15, 0.2) is 5.11 Å². The second-order valence-electron chi connectivity index (χ2n) is 6.02. The van der Waals surface area contributed by atoms with Gasteiger partial charge in [-0.1, -0.05) is 18.2 Å². The largest absolute Gasteiger partial charge is 0.315 e. The van der Waals surface area contributed by atoms with Crippen LogP contribution in [0.1, 0.15) is 25.8 Å². The van der Waals surface area contributed by atoms with Crippen LogP contribution in [0.3, 0.4) is 0 Å². The number of anilines is 1. The van der Waals surface area contributed by atoms with Gasteiger partial charge in [-0.15, -0.1) is 23.2 Å². The molecular weight excluding hydrogens is 327 g/mol. The number of rotatable bonds is 1. The van der Waals surface area contributed by atoms with Crippen molar-refractivity contribution in [3.8, 4) is 0 Å². The van der Waals surface area contributed by atoms with Gasteiger partial charge in [0.1, 0.15) is 4.33 Å². The fraction of sp³-hybridized carbons (Fsp3) is 0.467. The van der Waals surface area contributed by atoms with E-state index in [2.05, 4.69) is 18.3 Å². The Labute approximate surface area is 139 Å². The second-order valence-corrected chi connectivity index (χ2v) is 7.90. The zero-order chi connectivity index (χ0) is 15.4. The maximum absolute atomic E-state index is 12.3. The van der Waals surface area contributed by atoms with Gasteiger partial charge < -0.3 is 10.2 Å². The van der Waals surface area contributed by atoms with Crippen molar-refractivity contribution in [3.63, 3.8) is 0 Å². The summed E-state index contributed by atoms with van der Waals surface area (Å²) in [5.41, 5.74) is 1.53. The number of amides is 1. The number of para-hydroxylation sites is 1. The lowest BCUT2D eigenvalue weighted by Crippen LogP contribution is -2.48. The van der Waals surface area contributed by atoms with E-state index in [1.54, 1.807) is 6.92 Å². The van der Waals surface area contributed by atoms with E-state index in [-0.39, 0.29) is 11.9 Å². The van der Waals surface area contributed by atoms with Crippen LogP contribution < -0.4 is 10.2 Å². The molecule has 6 heteroatoms. The lowest BCUT2D eigenvalue weighted by Gasteiger charge is -2.26. The Morgan fingerprint density at radius 3 is 2.67 bits per heavy atom. The van der Waals surface area contributed by atoms with Crippen molar-refractivity contribution in [2.45, 2.75) is 37.1 Å². The van der Waals surface area contributed by atoms with E-state index in [9.17, 15) is 4.79 Å². The minimum absolute atomic E-state index is 0.214. The molecule has 0 aromatic heterocycles. The van der Waals surface area contributed by atoms with Crippen molar-refractivity contribution in [2.75, 3.05) is 4.90 Å².